The normalized spacial score (nSPS) is 11.3. The van der Waals surface area contributed by atoms with Crippen LogP contribution in [0, 0.1) is 0 Å². The van der Waals surface area contributed by atoms with E-state index < -0.39 is 0 Å². The van der Waals surface area contributed by atoms with E-state index in [2.05, 4.69) is 29.3 Å². The van der Waals surface area contributed by atoms with Crippen LogP contribution in [0.5, 0.6) is 0 Å². The SMILES string of the molecule is CCNC(=NCc1cc(C(CC)CC)no1)N(C)CC(=O)N(CC)CC.I. The molecule has 0 aliphatic carbocycles. The van der Waals surface area contributed by atoms with Gasteiger partial charge in [-0.25, -0.2) is 4.99 Å². The maximum absolute atomic E-state index is 12.3. The Morgan fingerprint density at radius 3 is 2.37 bits per heavy atom. The zero-order valence-electron chi connectivity index (χ0n) is 17.6. The summed E-state index contributed by atoms with van der Waals surface area (Å²) >= 11 is 0. The quantitative estimate of drug-likeness (QED) is 0.307. The molecule has 1 heterocycles. The van der Waals surface area contributed by atoms with E-state index in [1.54, 1.807) is 0 Å². The Hall–Kier alpha value is -1.32. The number of carbonyl (C=O) groups excluding carboxylic acids is 1. The van der Waals surface area contributed by atoms with Crippen LogP contribution in [0.4, 0.5) is 0 Å². The Bertz CT molecular complexity index is 568. The van der Waals surface area contributed by atoms with Gasteiger partial charge < -0.3 is 19.6 Å². The number of aromatic nitrogens is 1. The third kappa shape index (κ3) is 8.06. The summed E-state index contributed by atoms with van der Waals surface area (Å²) in [5.74, 6) is 1.96. The van der Waals surface area contributed by atoms with Crippen molar-refractivity contribution in [1.29, 1.82) is 0 Å². The van der Waals surface area contributed by atoms with Crippen molar-refractivity contribution in [2.45, 2.75) is 59.9 Å². The van der Waals surface area contributed by atoms with Crippen LogP contribution in [0.3, 0.4) is 0 Å². The maximum Gasteiger partial charge on any atom is 0.242 e. The van der Waals surface area contributed by atoms with E-state index in [0.717, 1.165) is 30.8 Å². The third-order valence-corrected chi connectivity index (χ3v) is 4.55. The topological polar surface area (TPSA) is 74.0 Å². The summed E-state index contributed by atoms with van der Waals surface area (Å²) in [5, 5.41) is 7.41. The number of likely N-dealkylation sites (N-methyl/N-ethyl adjacent to an activating group) is 2. The van der Waals surface area contributed by atoms with Gasteiger partial charge in [0.15, 0.2) is 11.7 Å². The number of aliphatic imine (C=N–C) groups is 1. The van der Waals surface area contributed by atoms with Crippen LogP contribution in [0.2, 0.25) is 0 Å². The van der Waals surface area contributed by atoms with Crippen molar-refractivity contribution >= 4 is 35.8 Å². The molecular formula is C19H36IN5O2. The number of hydrogen-bond donors (Lipinski definition) is 1. The van der Waals surface area contributed by atoms with Crippen LogP contribution < -0.4 is 5.32 Å². The molecule has 0 unspecified atom stereocenters. The van der Waals surface area contributed by atoms with Crippen molar-refractivity contribution in [3.63, 3.8) is 0 Å². The van der Waals surface area contributed by atoms with Gasteiger partial charge in [-0.3, -0.25) is 4.79 Å². The lowest BCUT2D eigenvalue weighted by Gasteiger charge is -2.25. The molecule has 0 aliphatic heterocycles. The highest BCUT2D eigenvalue weighted by atomic mass is 127. The minimum atomic E-state index is 0. The number of halogens is 1. The van der Waals surface area contributed by atoms with E-state index >= 15 is 0 Å². The number of nitrogens with one attached hydrogen (secondary N) is 1. The summed E-state index contributed by atoms with van der Waals surface area (Å²) in [7, 11) is 1.87. The molecule has 27 heavy (non-hydrogen) atoms. The van der Waals surface area contributed by atoms with E-state index in [0.29, 0.717) is 38.1 Å². The smallest absolute Gasteiger partial charge is 0.242 e. The lowest BCUT2D eigenvalue weighted by molar-refractivity contribution is -0.131. The number of carbonyl (C=O) groups is 1. The minimum Gasteiger partial charge on any atom is -0.359 e. The highest BCUT2D eigenvalue weighted by Gasteiger charge is 2.16. The van der Waals surface area contributed by atoms with E-state index in [1.807, 2.05) is 43.7 Å². The highest BCUT2D eigenvalue weighted by molar-refractivity contribution is 14.0. The van der Waals surface area contributed by atoms with Gasteiger partial charge in [0.05, 0.1) is 12.2 Å². The summed E-state index contributed by atoms with van der Waals surface area (Å²) in [4.78, 5) is 20.6. The van der Waals surface area contributed by atoms with Gasteiger partial charge in [0, 0.05) is 38.7 Å². The van der Waals surface area contributed by atoms with Crippen molar-refractivity contribution in [3.8, 4) is 0 Å². The molecule has 0 atom stereocenters. The Kier molecular flexibility index (Phi) is 13.1. The van der Waals surface area contributed by atoms with Gasteiger partial charge in [-0.05, 0) is 33.6 Å². The molecule has 1 rings (SSSR count). The van der Waals surface area contributed by atoms with Gasteiger partial charge >= 0.3 is 0 Å². The second-order valence-corrected chi connectivity index (χ2v) is 6.32. The van der Waals surface area contributed by atoms with Crippen LogP contribution in [0.1, 0.15) is 64.8 Å². The maximum atomic E-state index is 12.3. The molecule has 0 aliphatic rings. The second-order valence-electron chi connectivity index (χ2n) is 6.32. The molecule has 1 aromatic rings. The molecule has 7 nitrogen and oxygen atoms in total. The highest BCUT2D eigenvalue weighted by Crippen LogP contribution is 2.22. The monoisotopic (exact) mass is 493 g/mol. The fourth-order valence-corrected chi connectivity index (χ4v) is 2.88. The van der Waals surface area contributed by atoms with E-state index in [1.165, 1.54) is 0 Å². The van der Waals surface area contributed by atoms with Crippen molar-refractivity contribution in [2.75, 3.05) is 33.2 Å². The average Bonchev–Trinajstić information content (AvgIpc) is 3.09. The van der Waals surface area contributed by atoms with Crippen molar-refractivity contribution in [2.24, 2.45) is 4.99 Å². The lowest BCUT2D eigenvalue weighted by Crippen LogP contribution is -2.45. The first-order chi connectivity index (χ1) is 12.5. The molecule has 0 saturated heterocycles. The standard InChI is InChI=1S/C19H35N5O2.HI/c1-7-15(8-2)17-12-16(26-22-17)13-21-19(20-9-3)23(6)14-18(25)24(10-4)11-5;/h12,15H,7-11,13-14H2,1-6H3,(H,20,21);1H. The van der Waals surface area contributed by atoms with Gasteiger partial charge in [-0.1, -0.05) is 19.0 Å². The van der Waals surface area contributed by atoms with Crippen LogP contribution in [0.25, 0.3) is 0 Å². The molecule has 0 radical (unpaired) electrons. The van der Waals surface area contributed by atoms with Gasteiger partial charge in [-0.15, -0.1) is 24.0 Å². The number of rotatable bonds is 10. The summed E-state index contributed by atoms with van der Waals surface area (Å²) in [6.07, 6.45) is 2.09. The van der Waals surface area contributed by atoms with Gasteiger partial charge in [0.2, 0.25) is 5.91 Å². The predicted octanol–water partition coefficient (Wildman–Crippen LogP) is 3.46. The largest absolute Gasteiger partial charge is 0.359 e. The van der Waals surface area contributed by atoms with Gasteiger partial charge in [0.25, 0.3) is 0 Å². The molecule has 156 valence electrons. The summed E-state index contributed by atoms with van der Waals surface area (Å²) in [6, 6.07) is 1.99. The molecule has 0 bridgehead atoms. The number of guanidine groups is 1. The number of nitrogens with zero attached hydrogens (tertiary/aromatic N) is 4. The Labute approximate surface area is 181 Å². The third-order valence-electron chi connectivity index (χ3n) is 4.55. The Morgan fingerprint density at radius 2 is 1.85 bits per heavy atom. The molecule has 0 spiro atoms. The molecule has 1 aromatic heterocycles. The van der Waals surface area contributed by atoms with Crippen LogP contribution in [-0.2, 0) is 11.3 Å². The molecule has 1 amide bonds. The van der Waals surface area contributed by atoms with E-state index in [4.69, 9.17) is 4.52 Å². The molecule has 8 heteroatoms. The number of amides is 1. The molecule has 0 aromatic carbocycles. The molecular weight excluding hydrogens is 457 g/mol. The average molecular weight is 493 g/mol. The second kappa shape index (κ2) is 13.8. The van der Waals surface area contributed by atoms with Crippen molar-refractivity contribution in [1.82, 2.24) is 20.3 Å². The van der Waals surface area contributed by atoms with Crippen LogP contribution in [-0.4, -0.2) is 60.0 Å². The van der Waals surface area contributed by atoms with Crippen LogP contribution in [0.15, 0.2) is 15.6 Å². The predicted molar refractivity (Wildman–Crippen MR) is 121 cm³/mol. The summed E-state index contributed by atoms with van der Waals surface area (Å²) in [5.41, 5.74) is 0.996. The lowest BCUT2D eigenvalue weighted by atomic mass is 9.99. The number of hydrogen-bond acceptors (Lipinski definition) is 4. The zero-order chi connectivity index (χ0) is 19.5. The first kappa shape index (κ1) is 25.7. The first-order valence-corrected chi connectivity index (χ1v) is 9.73. The van der Waals surface area contributed by atoms with Crippen molar-refractivity contribution in [3.05, 3.63) is 17.5 Å². The molecule has 0 fully saturated rings. The molecule has 1 N–H and O–H groups in total. The fourth-order valence-electron chi connectivity index (χ4n) is 2.88. The Balaban J connectivity index is 0.00000676. The first-order valence-electron chi connectivity index (χ1n) is 9.73. The summed E-state index contributed by atoms with van der Waals surface area (Å²) in [6.45, 7) is 13.2. The summed E-state index contributed by atoms with van der Waals surface area (Å²) < 4.78 is 5.43. The Morgan fingerprint density at radius 1 is 1.22 bits per heavy atom. The molecule has 0 saturated carbocycles. The zero-order valence-corrected chi connectivity index (χ0v) is 19.9. The van der Waals surface area contributed by atoms with Gasteiger partial charge in [0.1, 0.15) is 6.54 Å². The van der Waals surface area contributed by atoms with Crippen LogP contribution >= 0.6 is 24.0 Å². The van der Waals surface area contributed by atoms with E-state index in [-0.39, 0.29) is 29.9 Å². The van der Waals surface area contributed by atoms with Gasteiger partial charge in [-0.2, -0.15) is 0 Å². The minimum absolute atomic E-state index is 0. The van der Waals surface area contributed by atoms with Crippen molar-refractivity contribution < 1.29 is 9.32 Å². The van der Waals surface area contributed by atoms with E-state index in [9.17, 15) is 4.79 Å². The fraction of sp³-hybridized carbons (Fsp3) is 0.737.